The highest BCUT2D eigenvalue weighted by atomic mass is 32.2. The quantitative estimate of drug-likeness (QED) is 0.727. The lowest BCUT2D eigenvalue weighted by Gasteiger charge is -2.20. The van der Waals surface area contributed by atoms with Crippen LogP contribution in [0.1, 0.15) is 26.7 Å². The maximum atomic E-state index is 11.3. The van der Waals surface area contributed by atoms with Crippen molar-refractivity contribution >= 4 is 9.84 Å². The molecule has 2 unspecified atom stereocenters. The predicted molar refractivity (Wildman–Crippen MR) is 63.7 cm³/mol. The van der Waals surface area contributed by atoms with E-state index in [0.29, 0.717) is 17.4 Å². The number of sulfone groups is 1. The van der Waals surface area contributed by atoms with E-state index in [1.807, 2.05) is 6.92 Å². The Morgan fingerprint density at radius 2 is 2.27 bits per heavy atom. The van der Waals surface area contributed by atoms with E-state index in [1.54, 1.807) is 0 Å². The molecule has 2 atom stereocenters. The fourth-order valence-electron chi connectivity index (χ4n) is 2.10. The van der Waals surface area contributed by atoms with Crippen molar-refractivity contribution in [2.75, 3.05) is 18.1 Å². The van der Waals surface area contributed by atoms with Crippen LogP contribution < -0.4 is 5.32 Å². The molecular formula is C11H21NO2S. The van der Waals surface area contributed by atoms with Gasteiger partial charge in [-0.2, -0.15) is 0 Å². The minimum atomic E-state index is -2.74. The van der Waals surface area contributed by atoms with E-state index in [4.69, 9.17) is 0 Å². The lowest BCUT2D eigenvalue weighted by Crippen LogP contribution is -2.32. The Bertz CT molecular complexity index is 321. The Labute approximate surface area is 92.9 Å². The molecule has 0 aromatic heterocycles. The SMILES string of the molecule is C=C(C)C(CC1CCS(=O)(=O)C1)NCC. The summed E-state index contributed by atoms with van der Waals surface area (Å²) in [6.07, 6.45) is 1.72. The molecule has 0 saturated carbocycles. The van der Waals surface area contributed by atoms with Gasteiger partial charge in [-0.05, 0) is 32.2 Å². The molecule has 0 aromatic carbocycles. The van der Waals surface area contributed by atoms with Crippen LogP contribution in [0.3, 0.4) is 0 Å². The normalized spacial score (nSPS) is 26.4. The largest absolute Gasteiger partial charge is 0.311 e. The molecule has 0 radical (unpaired) electrons. The first-order valence-electron chi connectivity index (χ1n) is 5.54. The zero-order valence-electron chi connectivity index (χ0n) is 9.62. The molecule has 0 spiro atoms. The van der Waals surface area contributed by atoms with Gasteiger partial charge in [0.25, 0.3) is 0 Å². The lowest BCUT2D eigenvalue weighted by molar-refractivity contribution is 0.447. The van der Waals surface area contributed by atoms with Crippen LogP contribution in [-0.2, 0) is 9.84 Å². The molecule has 1 aliphatic rings. The third-order valence-electron chi connectivity index (χ3n) is 2.94. The molecule has 88 valence electrons. The highest BCUT2D eigenvalue weighted by molar-refractivity contribution is 7.91. The van der Waals surface area contributed by atoms with Gasteiger partial charge in [0.05, 0.1) is 11.5 Å². The van der Waals surface area contributed by atoms with E-state index < -0.39 is 9.84 Å². The first kappa shape index (κ1) is 12.7. The van der Waals surface area contributed by atoms with E-state index in [2.05, 4.69) is 18.8 Å². The van der Waals surface area contributed by atoms with Crippen LogP contribution in [-0.4, -0.2) is 32.5 Å². The highest BCUT2D eigenvalue weighted by Gasteiger charge is 2.29. The second-order valence-corrected chi connectivity index (χ2v) is 6.69. The molecule has 0 aliphatic carbocycles. The van der Waals surface area contributed by atoms with Crippen LogP contribution in [0, 0.1) is 5.92 Å². The van der Waals surface area contributed by atoms with Crippen molar-refractivity contribution in [2.45, 2.75) is 32.7 Å². The van der Waals surface area contributed by atoms with Crippen molar-refractivity contribution in [3.8, 4) is 0 Å². The van der Waals surface area contributed by atoms with Crippen LogP contribution in [0.25, 0.3) is 0 Å². The zero-order valence-corrected chi connectivity index (χ0v) is 10.4. The van der Waals surface area contributed by atoms with E-state index in [0.717, 1.165) is 25.0 Å². The van der Waals surface area contributed by atoms with Crippen molar-refractivity contribution in [3.05, 3.63) is 12.2 Å². The molecule has 3 nitrogen and oxygen atoms in total. The first-order chi connectivity index (χ1) is 6.94. The Morgan fingerprint density at radius 1 is 1.60 bits per heavy atom. The lowest BCUT2D eigenvalue weighted by atomic mass is 9.95. The van der Waals surface area contributed by atoms with Crippen LogP contribution >= 0.6 is 0 Å². The van der Waals surface area contributed by atoms with Crippen molar-refractivity contribution in [1.29, 1.82) is 0 Å². The van der Waals surface area contributed by atoms with E-state index in [9.17, 15) is 8.42 Å². The summed E-state index contributed by atoms with van der Waals surface area (Å²) >= 11 is 0. The summed E-state index contributed by atoms with van der Waals surface area (Å²) in [7, 11) is -2.74. The Hall–Kier alpha value is -0.350. The van der Waals surface area contributed by atoms with Gasteiger partial charge in [-0.1, -0.05) is 19.1 Å². The van der Waals surface area contributed by atoms with Gasteiger partial charge in [-0.3, -0.25) is 0 Å². The average molecular weight is 231 g/mol. The summed E-state index contributed by atoms with van der Waals surface area (Å²) in [5.41, 5.74) is 1.10. The predicted octanol–water partition coefficient (Wildman–Crippen LogP) is 1.37. The first-order valence-corrected chi connectivity index (χ1v) is 7.36. The number of likely N-dealkylation sites (N-methyl/N-ethyl adjacent to an activating group) is 1. The van der Waals surface area contributed by atoms with Crippen molar-refractivity contribution in [3.63, 3.8) is 0 Å². The number of nitrogens with one attached hydrogen (secondary N) is 1. The maximum absolute atomic E-state index is 11.3. The third kappa shape index (κ3) is 3.95. The molecular weight excluding hydrogens is 210 g/mol. The van der Waals surface area contributed by atoms with Crippen molar-refractivity contribution in [2.24, 2.45) is 5.92 Å². The van der Waals surface area contributed by atoms with Gasteiger partial charge < -0.3 is 5.32 Å². The standard InChI is InChI=1S/C11H21NO2S/c1-4-12-11(9(2)3)7-10-5-6-15(13,14)8-10/h10-12H,2,4-8H2,1,3H3. The molecule has 0 bridgehead atoms. The van der Waals surface area contributed by atoms with Gasteiger partial charge in [0.2, 0.25) is 0 Å². The topological polar surface area (TPSA) is 46.2 Å². The minimum Gasteiger partial charge on any atom is -0.311 e. The molecule has 15 heavy (non-hydrogen) atoms. The van der Waals surface area contributed by atoms with Gasteiger partial charge in [0.1, 0.15) is 0 Å². The fourth-order valence-corrected chi connectivity index (χ4v) is 3.98. The molecule has 0 aromatic rings. The summed E-state index contributed by atoms with van der Waals surface area (Å²) in [5.74, 6) is 1.05. The van der Waals surface area contributed by atoms with Crippen molar-refractivity contribution in [1.82, 2.24) is 5.32 Å². The van der Waals surface area contributed by atoms with Gasteiger partial charge in [-0.25, -0.2) is 8.42 Å². The molecule has 1 N–H and O–H groups in total. The second kappa shape index (κ2) is 5.12. The minimum absolute atomic E-state index is 0.272. The molecule has 1 heterocycles. The third-order valence-corrected chi connectivity index (χ3v) is 4.78. The maximum Gasteiger partial charge on any atom is 0.150 e. The van der Waals surface area contributed by atoms with Crippen molar-refractivity contribution < 1.29 is 8.42 Å². The van der Waals surface area contributed by atoms with Crippen LogP contribution in [0.2, 0.25) is 0 Å². The Kier molecular flexibility index (Phi) is 4.34. The number of hydrogen-bond donors (Lipinski definition) is 1. The summed E-state index contributed by atoms with van der Waals surface area (Å²) in [6.45, 7) is 8.89. The van der Waals surface area contributed by atoms with E-state index in [-0.39, 0.29) is 6.04 Å². The molecule has 1 aliphatic heterocycles. The smallest absolute Gasteiger partial charge is 0.150 e. The zero-order chi connectivity index (χ0) is 11.5. The molecule has 1 fully saturated rings. The molecule has 4 heteroatoms. The van der Waals surface area contributed by atoms with E-state index >= 15 is 0 Å². The van der Waals surface area contributed by atoms with Gasteiger partial charge >= 0.3 is 0 Å². The summed E-state index contributed by atoms with van der Waals surface area (Å²) in [5, 5.41) is 3.34. The van der Waals surface area contributed by atoms with Crippen LogP contribution in [0.4, 0.5) is 0 Å². The summed E-state index contributed by atoms with van der Waals surface area (Å²) < 4.78 is 22.6. The van der Waals surface area contributed by atoms with Gasteiger partial charge in [-0.15, -0.1) is 0 Å². The monoisotopic (exact) mass is 231 g/mol. The van der Waals surface area contributed by atoms with Crippen LogP contribution in [0.5, 0.6) is 0 Å². The number of hydrogen-bond acceptors (Lipinski definition) is 3. The average Bonchev–Trinajstić information content (AvgIpc) is 2.44. The van der Waals surface area contributed by atoms with Gasteiger partial charge in [0, 0.05) is 6.04 Å². The highest BCUT2D eigenvalue weighted by Crippen LogP contribution is 2.24. The summed E-state index contributed by atoms with van der Waals surface area (Å²) in [4.78, 5) is 0. The van der Waals surface area contributed by atoms with Gasteiger partial charge in [0.15, 0.2) is 9.84 Å². The molecule has 0 amide bonds. The fraction of sp³-hybridized carbons (Fsp3) is 0.818. The van der Waals surface area contributed by atoms with Crippen LogP contribution in [0.15, 0.2) is 12.2 Å². The second-order valence-electron chi connectivity index (χ2n) is 4.46. The van der Waals surface area contributed by atoms with E-state index in [1.165, 1.54) is 0 Å². The molecule has 1 rings (SSSR count). The Morgan fingerprint density at radius 3 is 2.67 bits per heavy atom. The number of rotatable bonds is 5. The molecule has 1 saturated heterocycles. The summed E-state index contributed by atoms with van der Waals surface area (Å²) in [6, 6.07) is 0.272. The Balaban J connectivity index is 2.49.